The molecule has 0 aromatic heterocycles. The quantitative estimate of drug-likeness (QED) is 0.838. The molecule has 100 valence electrons. The summed E-state index contributed by atoms with van der Waals surface area (Å²) < 4.78 is 0. The summed E-state index contributed by atoms with van der Waals surface area (Å²) in [6.07, 6.45) is 1.35. The van der Waals surface area contributed by atoms with Crippen molar-refractivity contribution in [2.24, 2.45) is 0 Å². The molecule has 0 radical (unpaired) electrons. The summed E-state index contributed by atoms with van der Waals surface area (Å²) in [5.74, 6) is 0.0435. The van der Waals surface area contributed by atoms with Crippen LogP contribution in [0.1, 0.15) is 26.7 Å². The second kappa shape index (κ2) is 7.49. The van der Waals surface area contributed by atoms with E-state index in [2.05, 4.69) is 10.6 Å². The van der Waals surface area contributed by atoms with Crippen molar-refractivity contribution in [3.05, 3.63) is 28.2 Å². The first-order valence-corrected chi connectivity index (χ1v) is 6.76. The number of amides is 1. The van der Waals surface area contributed by atoms with E-state index in [-0.39, 0.29) is 11.9 Å². The molecule has 18 heavy (non-hydrogen) atoms. The van der Waals surface area contributed by atoms with Crippen LogP contribution in [-0.4, -0.2) is 18.5 Å². The predicted molar refractivity (Wildman–Crippen MR) is 77.5 cm³/mol. The summed E-state index contributed by atoms with van der Waals surface area (Å²) in [7, 11) is 0. The summed E-state index contributed by atoms with van der Waals surface area (Å²) in [6, 6.07) is 5.45. The Hall–Kier alpha value is -0.930. The molecule has 5 heteroatoms. The summed E-state index contributed by atoms with van der Waals surface area (Å²) in [5.41, 5.74) is 0.789. The fourth-order valence-corrected chi connectivity index (χ4v) is 1.87. The van der Waals surface area contributed by atoms with Gasteiger partial charge in [0.05, 0.1) is 10.7 Å². The number of anilines is 1. The second-order valence-electron chi connectivity index (χ2n) is 4.18. The minimum atomic E-state index is 0.0435. The SMILES string of the molecule is CCC(C)NC(=O)CCNc1ccc(Cl)cc1Cl. The van der Waals surface area contributed by atoms with Crippen LogP contribution in [0.25, 0.3) is 0 Å². The lowest BCUT2D eigenvalue weighted by molar-refractivity contribution is -0.121. The van der Waals surface area contributed by atoms with Gasteiger partial charge in [0.15, 0.2) is 0 Å². The number of carbonyl (C=O) groups is 1. The molecule has 0 aliphatic heterocycles. The number of rotatable bonds is 6. The number of carbonyl (C=O) groups excluding carboxylic acids is 1. The summed E-state index contributed by atoms with van der Waals surface area (Å²) in [5, 5.41) is 7.17. The molecule has 0 aliphatic carbocycles. The highest BCUT2D eigenvalue weighted by Crippen LogP contribution is 2.25. The van der Waals surface area contributed by atoms with E-state index in [1.54, 1.807) is 18.2 Å². The van der Waals surface area contributed by atoms with Crippen molar-refractivity contribution in [3.8, 4) is 0 Å². The van der Waals surface area contributed by atoms with E-state index in [1.807, 2.05) is 13.8 Å². The monoisotopic (exact) mass is 288 g/mol. The van der Waals surface area contributed by atoms with Crippen molar-refractivity contribution < 1.29 is 4.79 Å². The number of halogens is 2. The van der Waals surface area contributed by atoms with Crippen molar-refractivity contribution >= 4 is 34.8 Å². The molecule has 0 fully saturated rings. The fraction of sp³-hybridized carbons (Fsp3) is 0.462. The van der Waals surface area contributed by atoms with Crippen LogP contribution in [0.3, 0.4) is 0 Å². The Morgan fingerprint density at radius 2 is 2.11 bits per heavy atom. The Kier molecular flexibility index (Phi) is 6.30. The van der Waals surface area contributed by atoms with E-state index in [0.717, 1.165) is 12.1 Å². The van der Waals surface area contributed by atoms with Crippen LogP contribution in [0.4, 0.5) is 5.69 Å². The largest absolute Gasteiger partial charge is 0.383 e. The molecular weight excluding hydrogens is 271 g/mol. The van der Waals surface area contributed by atoms with Crippen LogP contribution in [0.15, 0.2) is 18.2 Å². The number of hydrogen-bond donors (Lipinski definition) is 2. The Morgan fingerprint density at radius 3 is 2.72 bits per heavy atom. The van der Waals surface area contributed by atoms with Gasteiger partial charge in [-0.2, -0.15) is 0 Å². The van der Waals surface area contributed by atoms with Gasteiger partial charge in [0.1, 0.15) is 0 Å². The molecule has 0 spiro atoms. The molecule has 1 atom stereocenters. The first-order valence-electron chi connectivity index (χ1n) is 6.01. The van der Waals surface area contributed by atoms with Crippen LogP contribution < -0.4 is 10.6 Å². The second-order valence-corrected chi connectivity index (χ2v) is 5.02. The smallest absolute Gasteiger partial charge is 0.221 e. The highest BCUT2D eigenvalue weighted by Gasteiger charge is 2.06. The first kappa shape index (κ1) is 15.1. The third-order valence-corrected chi connectivity index (χ3v) is 3.17. The molecule has 0 saturated carbocycles. The van der Waals surface area contributed by atoms with E-state index >= 15 is 0 Å². The Morgan fingerprint density at radius 1 is 1.39 bits per heavy atom. The van der Waals surface area contributed by atoms with E-state index < -0.39 is 0 Å². The van der Waals surface area contributed by atoms with E-state index in [4.69, 9.17) is 23.2 Å². The summed E-state index contributed by atoms with van der Waals surface area (Å²) in [4.78, 5) is 11.5. The van der Waals surface area contributed by atoms with E-state index in [0.29, 0.717) is 23.0 Å². The minimum absolute atomic E-state index is 0.0435. The van der Waals surface area contributed by atoms with E-state index in [1.165, 1.54) is 0 Å². The average Bonchev–Trinajstić information content (AvgIpc) is 2.31. The van der Waals surface area contributed by atoms with Gasteiger partial charge in [-0.05, 0) is 31.5 Å². The number of benzene rings is 1. The fourth-order valence-electron chi connectivity index (χ4n) is 1.39. The maximum atomic E-state index is 11.5. The molecule has 0 bridgehead atoms. The van der Waals surface area contributed by atoms with Crippen LogP contribution in [-0.2, 0) is 4.79 Å². The lowest BCUT2D eigenvalue weighted by Crippen LogP contribution is -2.32. The molecule has 1 aromatic carbocycles. The van der Waals surface area contributed by atoms with Crippen molar-refractivity contribution in [2.75, 3.05) is 11.9 Å². The van der Waals surface area contributed by atoms with Crippen LogP contribution in [0, 0.1) is 0 Å². The van der Waals surface area contributed by atoms with E-state index in [9.17, 15) is 4.79 Å². The Labute approximate surface area is 118 Å². The lowest BCUT2D eigenvalue weighted by atomic mass is 10.2. The summed E-state index contributed by atoms with van der Waals surface area (Å²) in [6.45, 7) is 4.57. The van der Waals surface area contributed by atoms with Gasteiger partial charge in [-0.15, -0.1) is 0 Å². The average molecular weight is 289 g/mol. The zero-order chi connectivity index (χ0) is 13.5. The minimum Gasteiger partial charge on any atom is -0.383 e. The standard InChI is InChI=1S/C13H18Cl2N2O/c1-3-9(2)17-13(18)6-7-16-12-5-4-10(14)8-11(12)15/h4-5,8-9,16H,3,6-7H2,1-2H3,(H,17,18). The van der Waals surface area contributed by atoms with Gasteiger partial charge in [-0.25, -0.2) is 0 Å². The molecule has 0 heterocycles. The molecule has 1 rings (SSSR count). The van der Waals surface area contributed by atoms with Crippen molar-refractivity contribution in [2.45, 2.75) is 32.7 Å². The molecule has 1 unspecified atom stereocenters. The van der Waals surface area contributed by atoms with Crippen LogP contribution in [0.2, 0.25) is 10.0 Å². The van der Waals surface area contributed by atoms with Gasteiger partial charge in [0, 0.05) is 24.0 Å². The normalized spacial score (nSPS) is 12.0. The zero-order valence-corrected chi connectivity index (χ0v) is 12.1. The van der Waals surface area contributed by atoms with Crippen LogP contribution in [0.5, 0.6) is 0 Å². The topological polar surface area (TPSA) is 41.1 Å². The van der Waals surface area contributed by atoms with Crippen molar-refractivity contribution in [1.29, 1.82) is 0 Å². The Balaban J connectivity index is 2.35. The molecule has 0 saturated heterocycles. The van der Waals surface area contributed by atoms with Crippen LogP contribution >= 0.6 is 23.2 Å². The molecular formula is C13H18Cl2N2O. The van der Waals surface area contributed by atoms with Gasteiger partial charge in [0.2, 0.25) is 5.91 Å². The van der Waals surface area contributed by atoms with Gasteiger partial charge in [-0.3, -0.25) is 4.79 Å². The van der Waals surface area contributed by atoms with Gasteiger partial charge in [0.25, 0.3) is 0 Å². The Bertz CT molecular complexity index is 410. The summed E-state index contributed by atoms with van der Waals surface area (Å²) >= 11 is 11.8. The maximum absolute atomic E-state index is 11.5. The third kappa shape index (κ3) is 5.15. The van der Waals surface area contributed by atoms with Gasteiger partial charge >= 0.3 is 0 Å². The van der Waals surface area contributed by atoms with Crippen molar-refractivity contribution in [1.82, 2.24) is 5.32 Å². The molecule has 1 amide bonds. The third-order valence-electron chi connectivity index (χ3n) is 2.62. The molecule has 1 aromatic rings. The highest BCUT2D eigenvalue weighted by molar-refractivity contribution is 6.36. The first-order chi connectivity index (χ1) is 8.52. The van der Waals surface area contributed by atoms with Crippen molar-refractivity contribution in [3.63, 3.8) is 0 Å². The molecule has 2 N–H and O–H groups in total. The van der Waals surface area contributed by atoms with Gasteiger partial charge in [-0.1, -0.05) is 30.1 Å². The molecule has 0 aliphatic rings. The highest BCUT2D eigenvalue weighted by atomic mass is 35.5. The number of hydrogen-bond acceptors (Lipinski definition) is 2. The van der Waals surface area contributed by atoms with Gasteiger partial charge < -0.3 is 10.6 Å². The zero-order valence-electron chi connectivity index (χ0n) is 10.6. The predicted octanol–water partition coefficient (Wildman–Crippen LogP) is 3.71. The number of nitrogens with one attached hydrogen (secondary N) is 2. The maximum Gasteiger partial charge on any atom is 0.221 e. The molecule has 3 nitrogen and oxygen atoms in total. The lowest BCUT2D eigenvalue weighted by Gasteiger charge is -2.12.